The number of hydrogen-bond donors (Lipinski definition) is 2. The van der Waals surface area contributed by atoms with Gasteiger partial charge in [-0.3, -0.25) is 4.99 Å². The molecule has 1 aliphatic heterocycles. The summed E-state index contributed by atoms with van der Waals surface area (Å²) >= 11 is 6.83. The smallest absolute Gasteiger partial charge is 0.250 e. The normalized spacial score (nSPS) is 19.0. The van der Waals surface area contributed by atoms with Gasteiger partial charge in [0.15, 0.2) is 5.96 Å². The van der Waals surface area contributed by atoms with Crippen LogP contribution in [0.3, 0.4) is 0 Å². The molecule has 1 atom stereocenters. The van der Waals surface area contributed by atoms with Crippen molar-refractivity contribution < 1.29 is 8.42 Å². The molecule has 10 heteroatoms. The molecule has 1 aliphatic rings. The van der Waals surface area contributed by atoms with Crippen LogP contribution in [0, 0.1) is 5.92 Å². The van der Waals surface area contributed by atoms with Crippen LogP contribution < -0.4 is 10.0 Å². The summed E-state index contributed by atoms with van der Waals surface area (Å²) in [6.07, 6.45) is 2.41. The molecule has 0 aromatic carbocycles. The third-order valence-corrected chi connectivity index (χ3v) is 6.87. The van der Waals surface area contributed by atoms with E-state index in [1.807, 2.05) is 0 Å². The Morgan fingerprint density at radius 2 is 2.21 bits per heavy atom. The second kappa shape index (κ2) is 10.1. The molecule has 0 spiro atoms. The van der Waals surface area contributed by atoms with Crippen LogP contribution in [0.2, 0.25) is 4.34 Å². The molecule has 0 saturated carbocycles. The number of rotatable bonds is 5. The van der Waals surface area contributed by atoms with Gasteiger partial charge in [0.25, 0.3) is 0 Å². The number of halogens is 2. The number of piperidine rings is 1. The maximum absolute atomic E-state index is 12.1. The Balaban J connectivity index is 0.00000288. The van der Waals surface area contributed by atoms with Gasteiger partial charge < -0.3 is 10.2 Å². The highest BCUT2D eigenvalue weighted by Crippen LogP contribution is 2.25. The van der Waals surface area contributed by atoms with E-state index < -0.39 is 10.0 Å². The monoisotopic (exact) mass is 506 g/mol. The highest BCUT2D eigenvalue weighted by atomic mass is 127. The van der Waals surface area contributed by atoms with E-state index in [-0.39, 0.29) is 28.2 Å². The Morgan fingerprint density at radius 1 is 1.46 bits per heavy atom. The van der Waals surface area contributed by atoms with E-state index in [2.05, 4.69) is 26.9 Å². The van der Waals surface area contributed by atoms with Gasteiger partial charge in [-0.05, 0) is 30.9 Å². The predicted molar refractivity (Wildman–Crippen MR) is 111 cm³/mol. The van der Waals surface area contributed by atoms with Gasteiger partial charge in [0.2, 0.25) is 10.0 Å². The van der Waals surface area contributed by atoms with Gasteiger partial charge in [-0.2, -0.15) is 0 Å². The number of nitrogens with one attached hydrogen (secondary N) is 2. The summed E-state index contributed by atoms with van der Waals surface area (Å²) < 4.78 is 27.4. The Hall–Kier alpha value is -0.100. The Labute approximate surface area is 170 Å². The van der Waals surface area contributed by atoms with Crippen molar-refractivity contribution in [3.63, 3.8) is 0 Å². The number of likely N-dealkylation sites (tertiary alicyclic amines) is 1. The van der Waals surface area contributed by atoms with Crippen molar-refractivity contribution in [1.29, 1.82) is 0 Å². The molecular weight excluding hydrogens is 483 g/mol. The number of guanidine groups is 1. The lowest BCUT2D eigenvalue weighted by molar-refractivity contribution is 0.266. The molecule has 1 unspecified atom stereocenters. The number of nitrogens with zero attached hydrogens (tertiary/aromatic N) is 2. The van der Waals surface area contributed by atoms with E-state index in [4.69, 9.17) is 11.6 Å². The Morgan fingerprint density at radius 3 is 2.79 bits per heavy atom. The van der Waals surface area contributed by atoms with E-state index in [1.165, 1.54) is 12.5 Å². The quantitative estimate of drug-likeness (QED) is 0.279. The van der Waals surface area contributed by atoms with Gasteiger partial charge in [0.1, 0.15) is 4.21 Å². The standard InChI is InChI=1S/C14H23ClN4O2S2.HI/c1-11-4-3-9-19(10-11)14(16-2)17-7-8-18-23(20,21)13-6-5-12(15)22-13;/h5-6,11,18H,3-4,7-10H2,1-2H3,(H,16,17);1H. The topological polar surface area (TPSA) is 73.8 Å². The van der Waals surface area contributed by atoms with Gasteiger partial charge in [0, 0.05) is 33.2 Å². The van der Waals surface area contributed by atoms with Gasteiger partial charge >= 0.3 is 0 Å². The summed E-state index contributed by atoms with van der Waals surface area (Å²) in [6.45, 7) is 4.98. The molecule has 6 nitrogen and oxygen atoms in total. The minimum absolute atomic E-state index is 0. The highest BCUT2D eigenvalue weighted by Gasteiger charge is 2.19. The largest absolute Gasteiger partial charge is 0.355 e. The first-order chi connectivity index (χ1) is 10.9. The number of sulfonamides is 1. The lowest BCUT2D eigenvalue weighted by Crippen LogP contribution is -2.47. The fourth-order valence-corrected chi connectivity index (χ4v) is 5.15. The van der Waals surface area contributed by atoms with Crippen molar-refractivity contribution in [2.24, 2.45) is 10.9 Å². The zero-order chi connectivity index (χ0) is 16.9. The predicted octanol–water partition coefficient (Wildman–Crippen LogP) is 2.61. The second-order valence-electron chi connectivity index (χ2n) is 5.62. The minimum atomic E-state index is -3.49. The molecule has 0 amide bonds. The summed E-state index contributed by atoms with van der Waals surface area (Å²) in [7, 11) is -1.74. The maximum atomic E-state index is 12.1. The average Bonchev–Trinajstić information content (AvgIpc) is 2.95. The number of thiophene rings is 1. The third-order valence-electron chi connectivity index (χ3n) is 3.68. The van der Waals surface area contributed by atoms with E-state index in [9.17, 15) is 8.42 Å². The lowest BCUT2D eigenvalue weighted by atomic mass is 10.0. The summed E-state index contributed by atoms with van der Waals surface area (Å²) in [4.78, 5) is 6.50. The molecule has 1 aromatic rings. The molecule has 2 rings (SSSR count). The Kier molecular flexibility index (Phi) is 9.28. The minimum Gasteiger partial charge on any atom is -0.355 e. The van der Waals surface area contributed by atoms with Crippen molar-refractivity contribution in [3.8, 4) is 0 Å². The zero-order valence-electron chi connectivity index (χ0n) is 13.8. The second-order valence-corrected chi connectivity index (χ2v) is 9.33. The van der Waals surface area contributed by atoms with Crippen molar-refractivity contribution in [2.45, 2.75) is 24.0 Å². The average molecular weight is 507 g/mol. The first-order valence-electron chi connectivity index (χ1n) is 7.63. The molecule has 2 N–H and O–H groups in total. The molecule has 1 aromatic heterocycles. The van der Waals surface area contributed by atoms with Gasteiger partial charge in [-0.1, -0.05) is 18.5 Å². The summed E-state index contributed by atoms with van der Waals surface area (Å²) in [5.41, 5.74) is 0. The van der Waals surface area contributed by atoms with Gasteiger partial charge in [0.05, 0.1) is 4.34 Å². The molecule has 0 radical (unpaired) electrons. The van der Waals surface area contributed by atoms with Gasteiger partial charge in [-0.25, -0.2) is 13.1 Å². The SMILES string of the molecule is CN=C(NCCNS(=O)(=O)c1ccc(Cl)s1)N1CCCC(C)C1.I. The molecule has 24 heavy (non-hydrogen) atoms. The number of aliphatic imine (C=N–C) groups is 1. The van der Waals surface area contributed by atoms with Gasteiger partial charge in [-0.15, -0.1) is 35.3 Å². The molecule has 0 aliphatic carbocycles. The fourth-order valence-electron chi connectivity index (χ4n) is 2.59. The lowest BCUT2D eigenvalue weighted by Gasteiger charge is -2.33. The molecule has 1 saturated heterocycles. The third kappa shape index (κ3) is 6.32. The molecule has 2 heterocycles. The van der Waals surface area contributed by atoms with Crippen LogP contribution in [0.25, 0.3) is 0 Å². The van der Waals surface area contributed by atoms with E-state index in [0.29, 0.717) is 23.3 Å². The highest BCUT2D eigenvalue weighted by molar-refractivity contribution is 14.0. The van der Waals surface area contributed by atoms with E-state index in [1.54, 1.807) is 13.1 Å². The van der Waals surface area contributed by atoms with Crippen LogP contribution in [-0.4, -0.2) is 52.5 Å². The van der Waals surface area contributed by atoms with E-state index in [0.717, 1.165) is 36.8 Å². The van der Waals surface area contributed by atoms with Crippen molar-refractivity contribution in [2.75, 3.05) is 33.2 Å². The molecule has 138 valence electrons. The molecule has 0 bridgehead atoms. The van der Waals surface area contributed by atoms with E-state index >= 15 is 0 Å². The van der Waals surface area contributed by atoms with Crippen molar-refractivity contribution in [1.82, 2.24) is 14.9 Å². The fraction of sp³-hybridized carbons (Fsp3) is 0.643. The summed E-state index contributed by atoms with van der Waals surface area (Å²) in [5.74, 6) is 1.49. The number of hydrogen-bond acceptors (Lipinski definition) is 4. The Bertz CT molecular complexity index is 651. The first-order valence-corrected chi connectivity index (χ1v) is 10.3. The van der Waals surface area contributed by atoms with Crippen molar-refractivity contribution in [3.05, 3.63) is 16.5 Å². The van der Waals surface area contributed by atoms with Crippen LogP contribution in [0.5, 0.6) is 0 Å². The van der Waals surface area contributed by atoms with Crippen LogP contribution in [0.15, 0.2) is 21.3 Å². The van der Waals surface area contributed by atoms with Crippen LogP contribution in [0.4, 0.5) is 0 Å². The summed E-state index contributed by atoms with van der Waals surface area (Å²) in [5, 5.41) is 3.22. The molecule has 1 fully saturated rings. The molecular formula is C14H24ClIN4O2S2. The van der Waals surface area contributed by atoms with Crippen molar-refractivity contribution >= 4 is 62.9 Å². The maximum Gasteiger partial charge on any atom is 0.250 e. The van der Waals surface area contributed by atoms with Crippen LogP contribution in [0.1, 0.15) is 19.8 Å². The van der Waals surface area contributed by atoms with Crippen LogP contribution in [-0.2, 0) is 10.0 Å². The first kappa shape index (κ1) is 21.9. The summed E-state index contributed by atoms with van der Waals surface area (Å²) in [6, 6.07) is 3.09. The zero-order valence-corrected chi connectivity index (χ0v) is 18.5. The van der Waals surface area contributed by atoms with Crippen LogP contribution >= 0.6 is 46.9 Å².